The van der Waals surface area contributed by atoms with E-state index in [1.165, 1.54) is 10.4 Å². The van der Waals surface area contributed by atoms with Crippen LogP contribution < -0.4 is 0 Å². The van der Waals surface area contributed by atoms with Crippen LogP contribution in [0.25, 0.3) is 0 Å². The van der Waals surface area contributed by atoms with Crippen molar-refractivity contribution in [1.82, 2.24) is 0 Å². The first-order chi connectivity index (χ1) is 7.15. The van der Waals surface area contributed by atoms with Gasteiger partial charge in [-0.25, -0.2) is 0 Å². The van der Waals surface area contributed by atoms with Crippen LogP contribution in [0.4, 0.5) is 0 Å². The largest absolute Gasteiger partial charge is 0.294 e. The van der Waals surface area contributed by atoms with Gasteiger partial charge in [0.1, 0.15) is 0 Å². The average molecular weight is 224 g/mol. The van der Waals surface area contributed by atoms with Crippen molar-refractivity contribution in [3.05, 3.63) is 21.4 Å². The van der Waals surface area contributed by atoms with Gasteiger partial charge in [-0.2, -0.15) is 0 Å². The number of hydrogen-bond acceptors (Lipinski definition) is 2. The van der Waals surface area contributed by atoms with Gasteiger partial charge in [0.2, 0.25) is 0 Å². The Labute approximate surface area is 96.5 Å². The maximum Gasteiger partial charge on any atom is 0.166 e. The maximum atomic E-state index is 12.1. The minimum Gasteiger partial charge on any atom is -0.294 e. The van der Waals surface area contributed by atoms with Gasteiger partial charge < -0.3 is 0 Å². The molecule has 15 heavy (non-hydrogen) atoms. The Morgan fingerprint density at radius 1 is 1.33 bits per heavy atom. The van der Waals surface area contributed by atoms with Crippen molar-refractivity contribution in [1.29, 1.82) is 0 Å². The lowest BCUT2D eigenvalue weighted by Crippen LogP contribution is -2.11. The Morgan fingerprint density at radius 2 is 2.00 bits per heavy atom. The van der Waals surface area contributed by atoms with Crippen molar-refractivity contribution in [2.45, 2.75) is 47.0 Å². The molecule has 0 aromatic carbocycles. The van der Waals surface area contributed by atoms with E-state index in [4.69, 9.17) is 0 Å². The molecule has 1 nitrogen and oxygen atoms in total. The van der Waals surface area contributed by atoms with Gasteiger partial charge in [0.05, 0.1) is 0 Å². The molecule has 0 aliphatic rings. The fourth-order valence-electron chi connectivity index (χ4n) is 1.76. The van der Waals surface area contributed by atoms with Crippen molar-refractivity contribution in [2.75, 3.05) is 0 Å². The zero-order valence-electron chi connectivity index (χ0n) is 10.1. The first-order valence-corrected chi connectivity index (χ1v) is 6.66. The molecule has 1 rings (SSSR count). The Morgan fingerprint density at radius 3 is 2.47 bits per heavy atom. The number of aryl methyl sites for hydroxylation is 1. The van der Waals surface area contributed by atoms with E-state index in [9.17, 15) is 4.79 Å². The molecule has 1 aromatic heterocycles. The number of thiophene rings is 1. The van der Waals surface area contributed by atoms with E-state index in [0.717, 1.165) is 24.8 Å². The lowest BCUT2D eigenvalue weighted by atomic mass is 9.94. The number of carbonyl (C=O) groups excluding carboxylic acids is 1. The van der Waals surface area contributed by atoms with Crippen LogP contribution in [0.2, 0.25) is 0 Å². The molecule has 2 heteroatoms. The topological polar surface area (TPSA) is 17.1 Å². The third-order valence-corrected chi connectivity index (χ3v) is 4.15. The summed E-state index contributed by atoms with van der Waals surface area (Å²) in [5, 5.41) is 2.05. The Balaban J connectivity index is 3.03. The predicted molar refractivity (Wildman–Crippen MR) is 66.9 cm³/mol. The summed E-state index contributed by atoms with van der Waals surface area (Å²) >= 11 is 1.74. The summed E-state index contributed by atoms with van der Waals surface area (Å²) < 4.78 is 0. The second kappa shape index (κ2) is 5.45. The molecule has 1 atom stereocenters. The summed E-state index contributed by atoms with van der Waals surface area (Å²) in [4.78, 5) is 13.5. The average Bonchev–Trinajstić information content (AvgIpc) is 2.69. The van der Waals surface area contributed by atoms with E-state index in [1.54, 1.807) is 11.3 Å². The van der Waals surface area contributed by atoms with Crippen molar-refractivity contribution < 1.29 is 4.79 Å². The van der Waals surface area contributed by atoms with Crippen molar-refractivity contribution in [2.24, 2.45) is 5.92 Å². The molecule has 0 aliphatic heterocycles. The molecule has 0 saturated carbocycles. The number of hydrogen-bond donors (Lipinski definition) is 0. The first-order valence-electron chi connectivity index (χ1n) is 5.79. The summed E-state index contributed by atoms with van der Waals surface area (Å²) in [6.45, 7) is 8.38. The minimum absolute atomic E-state index is 0.162. The van der Waals surface area contributed by atoms with Crippen LogP contribution >= 0.6 is 11.3 Å². The Kier molecular flexibility index (Phi) is 4.52. The van der Waals surface area contributed by atoms with Crippen LogP contribution in [-0.2, 0) is 12.8 Å². The highest BCUT2D eigenvalue weighted by Gasteiger charge is 2.19. The van der Waals surface area contributed by atoms with E-state index in [2.05, 4.69) is 20.8 Å². The Hall–Kier alpha value is -0.630. The van der Waals surface area contributed by atoms with E-state index in [0.29, 0.717) is 5.78 Å². The van der Waals surface area contributed by atoms with Gasteiger partial charge in [0.25, 0.3) is 0 Å². The number of carbonyl (C=O) groups is 1. The zero-order chi connectivity index (χ0) is 11.4. The maximum absolute atomic E-state index is 12.1. The fraction of sp³-hybridized carbons (Fsp3) is 0.615. The van der Waals surface area contributed by atoms with Crippen LogP contribution in [0.1, 0.15) is 54.9 Å². The van der Waals surface area contributed by atoms with Gasteiger partial charge in [0.15, 0.2) is 5.78 Å². The fourth-order valence-corrected chi connectivity index (χ4v) is 2.85. The van der Waals surface area contributed by atoms with E-state index in [-0.39, 0.29) is 5.92 Å². The van der Waals surface area contributed by atoms with Gasteiger partial charge in [0, 0.05) is 21.7 Å². The third kappa shape index (κ3) is 2.49. The molecular weight excluding hydrogens is 204 g/mol. The molecule has 84 valence electrons. The van der Waals surface area contributed by atoms with Gasteiger partial charge >= 0.3 is 0 Å². The van der Waals surface area contributed by atoms with Gasteiger partial charge in [-0.05, 0) is 24.8 Å². The van der Waals surface area contributed by atoms with E-state index in [1.807, 2.05) is 12.3 Å². The molecule has 1 heterocycles. The minimum atomic E-state index is 0.162. The molecule has 0 radical (unpaired) electrons. The van der Waals surface area contributed by atoms with Crippen LogP contribution in [0.15, 0.2) is 5.38 Å². The normalized spacial score (nSPS) is 12.8. The second-order valence-corrected chi connectivity index (χ2v) is 4.90. The highest BCUT2D eigenvalue weighted by molar-refractivity contribution is 7.10. The van der Waals surface area contributed by atoms with E-state index >= 15 is 0 Å². The lowest BCUT2D eigenvalue weighted by Gasteiger charge is -2.08. The molecule has 0 spiro atoms. The van der Waals surface area contributed by atoms with Gasteiger partial charge in [-0.3, -0.25) is 4.79 Å². The zero-order valence-corrected chi connectivity index (χ0v) is 10.9. The number of ketones is 1. The van der Waals surface area contributed by atoms with Crippen LogP contribution in [0.5, 0.6) is 0 Å². The van der Waals surface area contributed by atoms with Crippen LogP contribution in [-0.4, -0.2) is 5.78 Å². The monoisotopic (exact) mass is 224 g/mol. The standard InChI is InChI=1S/C13H20OS/c1-5-9(4)13(14)11-8-15-12(7-3)10(11)6-2/h8-9H,5-7H2,1-4H3. The van der Waals surface area contributed by atoms with Gasteiger partial charge in [-0.1, -0.05) is 27.7 Å². The predicted octanol–water partition coefficient (Wildman–Crippen LogP) is 4.10. The summed E-state index contributed by atoms with van der Waals surface area (Å²) in [6.07, 6.45) is 2.95. The number of Topliss-reactive ketones (excluding diaryl/α,β-unsaturated/α-hetero) is 1. The summed E-state index contributed by atoms with van der Waals surface area (Å²) in [6, 6.07) is 0. The highest BCUT2D eigenvalue weighted by atomic mass is 32.1. The molecule has 0 amide bonds. The Bertz CT molecular complexity index is 338. The van der Waals surface area contributed by atoms with Crippen LogP contribution in [0, 0.1) is 5.92 Å². The third-order valence-electron chi connectivity index (χ3n) is 2.98. The number of rotatable bonds is 5. The van der Waals surface area contributed by atoms with Crippen molar-refractivity contribution in [3.8, 4) is 0 Å². The summed E-state index contributed by atoms with van der Waals surface area (Å²) in [5.41, 5.74) is 2.27. The first kappa shape index (κ1) is 12.4. The van der Waals surface area contributed by atoms with E-state index < -0.39 is 0 Å². The molecule has 0 aliphatic carbocycles. The summed E-state index contributed by atoms with van der Waals surface area (Å²) in [5.74, 6) is 0.486. The van der Waals surface area contributed by atoms with Crippen molar-refractivity contribution >= 4 is 17.1 Å². The molecule has 0 N–H and O–H groups in total. The summed E-state index contributed by atoms with van der Waals surface area (Å²) in [7, 11) is 0. The molecule has 1 aromatic rings. The lowest BCUT2D eigenvalue weighted by molar-refractivity contribution is 0.0927. The second-order valence-electron chi connectivity index (χ2n) is 3.93. The molecule has 1 unspecified atom stereocenters. The molecule has 0 fully saturated rings. The highest BCUT2D eigenvalue weighted by Crippen LogP contribution is 2.26. The quantitative estimate of drug-likeness (QED) is 0.688. The van der Waals surface area contributed by atoms with Gasteiger partial charge in [-0.15, -0.1) is 11.3 Å². The smallest absolute Gasteiger partial charge is 0.166 e. The molecule has 0 bridgehead atoms. The van der Waals surface area contributed by atoms with Crippen molar-refractivity contribution in [3.63, 3.8) is 0 Å². The van der Waals surface area contributed by atoms with Crippen LogP contribution in [0.3, 0.4) is 0 Å². The molecular formula is C13H20OS. The SMILES string of the molecule is CCc1scc(C(=O)C(C)CC)c1CC. The molecule has 0 saturated heterocycles.